The molecule has 0 aliphatic carbocycles. The summed E-state index contributed by atoms with van der Waals surface area (Å²) in [6, 6.07) is 12.3. The van der Waals surface area contributed by atoms with Gasteiger partial charge >= 0.3 is 0 Å². The summed E-state index contributed by atoms with van der Waals surface area (Å²) in [7, 11) is -3.57. The van der Waals surface area contributed by atoms with Crippen molar-refractivity contribution >= 4 is 33.4 Å². The maximum absolute atomic E-state index is 12.9. The molecule has 5 nitrogen and oxygen atoms in total. The highest BCUT2D eigenvalue weighted by Crippen LogP contribution is 2.24. The second-order valence-corrected chi connectivity index (χ2v) is 9.45. The third-order valence-corrected chi connectivity index (χ3v) is 7.35. The van der Waals surface area contributed by atoms with Gasteiger partial charge in [0.15, 0.2) is 0 Å². The molecule has 27 heavy (non-hydrogen) atoms. The van der Waals surface area contributed by atoms with Crippen LogP contribution in [0.25, 0.3) is 0 Å². The van der Waals surface area contributed by atoms with Crippen molar-refractivity contribution in [3.63, 3.8) is 0 Å². The number of benzene rings is 2. The predicted octanol–water partition coefficient (Wildman–Crippen LogP) is 4.14. The number of carbonyl (C=O) groups is 1. The summed E-state index contributed by atoms with van der Waals surface area (Å²) in [5.41, 5.74) is 1.81. The van der Waals surface area contributed by atoms with Gasteiger partial charge < -0.3 is 5.32 Å². The third kappa shape index (κ3) is 4.54. The van der Waals surface area contributed by atoms with E-state index in [-0.39, 0.29) is 10.8 Å². The molecule has 1 N–H and O–H groups in total. The Morgan fingerprint density at radius 3 is 2.52 bits per heavy atom. The largest absolute Gasteiger partial charge is 0.322 e. The lowest BCUT2D eigenvalue weighted by Crippen LogP contribution is -2.35. The Bertz CT molecular complexity index is 936. The molecule has 1 heterocycles. The molecule has 7 heteroatoms. The van der Waals surface area contributed by atoms with Crippen molar-refractivity contribution in [3.8, 4) is 0 Å². The van der Waals surface area contributed by atoms with E-state index in [0.717, 1.165) is 29.7 Å². The van der Waals surface area contributed by atoms with E-state index in [9.17, 15) is 13.2 Å². The fourth-order valence-corrected chi connectivity index (χ4v) is 5.16. The third-order valence-electron chi connectivity index (χ3n) is 4.73. The van der Waals surface area contributed by atoms with Gasteiger partial charge in [0.05, 0.1) is 4.90 Å². The zero-order chi connectivity index (χ0) is 19.4. The van der Waals surface area contributed by atoms with Crippen molar-refractivity contribution in [1.29, 1.82) is 0 Å². The number of rotatable bonds is 5. The van der Waals surface area contributed by atoms with Crippen LogP contribution >= 0.6 is 11.8 Å². The zero-order valence-corrected chi connectivity index (χ0v) is 17.2. The van der Waals surface area contributed by atoms with Crippen LogP contribution in [0.5, 0.6) is 0 Å². The standard InChI is InChI=1S/C20H24N2O3S2/c1-15-9-10-18(27(24,25)22-11-4-3-5-12-22)14-19(15)20(23)21-16-7-6-8-17(13-16)26-2/h6-10,13-14H,3-5,11-12H2,1-2H3,(H,21,23). The highest BCUT2D eigenvalue weighted by Gasteiger charge is 2.27. The molecule has 2 aromatic rings. The number of hydrogen-bond acceptors (Lipinski definition) is 4. The molecule has 0 aromatic heterocycles. The SMILES string of the molecule is CSc1cccc(NC(=O)c2cc(S(=O)(=O)N3CCCCC3)ccc2C)c1. The lowest BCUT2D eigenvalue weighted by molar-refractivity contribution is 0.102. The van der Waals surface area contributed by atoms with Crippen LogP contribution < -0.4 is 5.32 Å². The topological polar surface area (TPSA) is 66.5 Å². The molecule has 0 unspecified atom stereocenters. The number of sulfonamides is 1. The first-order chi connectivity index (χ1) is 12.9. The van der Waals surface area contributed by atoms with Crippen molar-refractivity contribution in [2.24, 2.45) is 0 Å². The monoisotopic (exact) mass is 404 g/mol. The summed E-state index contributed by atoms with van der Waals surface area (Å²) in [6.45, 7) is 2.89. The lowest BCUT2D eigenvalue weighted by Gasteiger charge is -2.26. The summed E-state index contributed by atoms with van der Waals surface area (Å²) >= 11 is 1.59. The molecule has 1 amide bonds. The van der Waals surface area contributed by atoms with Crippen LogP contribution in [0.2, 0.25) is 0 Å². The molecule has 0 bridgehead atoms. The Morgan fingerprint density at radius 1 is 1.07 bits per heavy atom. The highest BCUT2D eigenvalue weighted by molar-refractivity contribution is 7.98. The van der Waals surface area contributed by atoms with E-state index in [4.69, 9.17) is 0 Å². The zero-order valence-electron chi connectivity index (χ0n) is 15.6. The van der Waals surface area contributed by atoms with Crippen molar-refractivity contribution in [1.82, 2.24) is 4.31 Å². The first-order valence-corrected chi connectivity index (χ1v) is 11.6. The summed E-state index contributed by atoms with van der Waals surface area (Å²) in [6.07, 6.45) is 4.79. The number of aryl methyl sites for hydroxylation is 1. The van der Waals surface area contributed by atoms with Gasteiger partial charge in [0.25, 0.3) is 5.91 Å². The fraction of sp³-hybridized carbons (Fsp3) is 0.350. The van der Waals surface area contributed by atoms with Crippen molar-refractivity contribution in [2.75, 3.05) is 24.7 Å². The summed E-state index contributed by atoms with van der Waals surface area (Å²) in [5.74, 6) is -0.304. The van der Waals surface area contributed by atoms with E-state index < -0.39 is 10.0 Å². The summed E-state index contributed by atoms with van der Waals surface area (Å²) in [4.78, 5) is 14.0. The van der Waals surface area contributed by atoms with Crippen LogP contribution in [0.15, 0.2) is 52.3 Å². The Balaban J connectivity index is 1.87. The van der Waals surface area contributed by atoms with Gasteiger partial charge in [-0.15, -0.1) is 11.8 Å². The van der Waals surface area contributed by atoms with Gasteiger partial charge in [0.2, 0.25) is 10.0 Å². The lowest BCUT2D eigenvalue weighted by atomic mass is 10.1. The molecular weight excluding hydrogens is 380 g/mol. The Labute approximate surface area is 165 Å². The number of hydrogen-bond donors (Lipinski definition) is 1. The molecule has 1 fully saturated rings. The van der Waals surface area contributed by atoms with E-state index in [1.807, 2.05) is 37.4 Å². The Hall–Kier alpha value is -1.83. The Morgan fingerprint density at radius 2 is 1.81 bits per heavy atom. The minimum atomic E-state index is -3.57. The van der Waals surface area contributed by atoms with E-state index in [1.165, 1.54) is 10.4 Å². The maximum atomic E-state index is 12.9. The quantitative estimate of drug-likeness (QED) is 0.761. The van der Waals surface area contributed by atoms with Crippen LogP contribution in [0.3, 0.4) is 0 Å². The first-order valence-electron chi connectivity index (χ1n) is 8.98. The Kier molecular flexibility index (Phi) is 6.24. The fourth-order valence-electron chi connectivity index (χ4n) is 3.16. The van der Waals surface area contributed by atoms with Gasteiger partial charge in [0, 0.05) is 29.2 Å². The molecule has 1 aliphatic rings. The van der Waals surface area contributed by atoms with E-state index >= 15 is 0 Å². The summed E-state index contributed by atoms with van der Waals surface area (Å²) < 4.78 is 27.3. The van der Waals surface area contributed by atoms with E-state index in [0.29, 0.717) is 24.3 Å². The second kappa shape index (κ2) is 8.46. The second-order valence-electron chi connectivity index (χ2n) is 6.63. The van der Waals surface area contributed by atoms with E-state index in [2.05, 4.69) is 5.32 Å². The molecular formula is C20H24N2O3S2. The van der Waals surface area contributed by atoms with Crippen LogP contribution in [-0.2, 0) is 10.0 Å². The van der Waals surface area contributed by atoms with Gasteiger partial charge in [-0.05, 0) is 61.9 Å². The van der Waals surface area contributed by atoms with Gasteiger partial charge in [0.1, 0.15) is 0 Å². The van der Waals surface area contributed by atoms with Gasteiger partial charge in [-0.25, -0.2) is 8.42 Å². The first kappa shape index (κ1) is 19.9. The molecule has 0 spiro atoms. The van der Waals surface area contributed by atoms with Crippen LogP contribution in [0, 0.1) is 6.92 Å². The average molecular weight is 405 g/mol. The number of amides is 1. The number of anilines is 1. The van der Waals surface area contributed by atoms with Crippen LogP contribution in [-0.4, -0.2) is 38.0 Å². The normalized spacial score (nSPS) is 15.5. The van der Waals surface area contributed by atoms with Crippen molar-refractivity contribution in [3.05, 3.63) is 53.6 Å². The highest BCUT2D eigenvalue weighted by atomic mass is 32.2. The molecule has 3 rings (SSSR count). The maximum Gasteiger partial charge on any atom is 0.255 e. The number of nitrogens with zero attached hydrogens (tertiary/aromatic N) is 1. The smallest absolute Gasteiger partial charge is 0.255 e. The average Bonchev–Trinajstić information content (AvgIpc) is 2.69. The van der Waals surface area contributed by atoms with Crippen molar-refractivity contribution in [2.45, 2.75) is 36.0 Å². The number of carbonyl (C=O) groups excluding carboxylic acids is 1. The molecule has 1 saturated heterocycles. The molecule has 0 saturated carbocycles. The number of thioether (sulfide) groups is 1. The molecule has 1 aliphatic heterocycles. The minimum absolute atomic E-state index is 0.179. The number of piperidine rings is 1. The van der Waals surface area contributed by atoms with Gasteiger partial charge in [-0.1, -0.05) is 18.6 Å². The predicted molar refractivity (Wildman–Crippen MR) is 110 cm³/mol. The molecule has 2 aromatic carbocycles. The van der Waals surface area contributed by atoms with Gasteiger partial charge in [-0.2, -0.15) is 4.31 Å². The van der Waals surface area contributed by atoms with Crippen LogP contribution in [0.4, 0.5) is 5.69 Å². The number of nitrogens with one attached hydrogen (secondary N) is 1. The van der Waals surface area contributed by atoms with Crippen molar-refractivity contribution < 1.29 is 13.2 Å². The molecule has 0 radical (unpaired) electrons. The molecule has 144 valence electrons. The molecule has 0 atom stereocenters. The van der Waals surface area contributed by atoms with E-state index in [1.54, 1.807) is 23.9 Å². The minimum Gasteiger partial charge on any atom is -0.322 e. The van der Waals surface area contributed by atoms with Crippen LogP contribution in [0.1, 0.15) is 35.2 Å². The summed E-state index contributed by atoms with van der Waals surface area (Å²) in [5, 5.41) is 2.87. The van der Waals surface area contributed by atoms with Gasteiger partial charge in [-0.3, -0.25) is 4.79 Å².